The van der Waals surface area contributed by atoms with Crippen LogP contribution in [0.1, 0.15) is 28.8 Å². The van der Waals surface area contributed by atoms with Gasteiger partial charge in [0.05, 0.1) is 18.4 Å². The fourth-order valence-corrected chi connectivity index (χ4v) is 3.29. The average molecular weight is 384 g/mol. The zero-order valence-corrected chi connectivity index (χ0v) is 16.1. The minimum Gasteiger partial charge on any atom is -0.472 e. The summed E-state index contributed by atoms with van der Waals surface area (Å²) >= 11 is 0. The fourth-order valence-electron chi connectivity index (χ4n) is 3.29. The maximum absolute atomic E-state index is 12.7. The maximum Gasteiger partial charge on any atom is 0.257 e. The summed E-state index contributed by atoms with van der Waals surface area (Å²) in [5.74, 6) is -0.178. The monoisotopic (exact) mass is 384 g/mol. The van der Waals surface area contributed by atoms with Crippen LogP contribution in [0, 0.1) is 12.8 Å². The van der Waals surface area contributed by atoms with Crippen molar-refractivity contribution < 1.29 is 18.8 Å². The van der Waals surface area contributed by atoms with E-state index >= 15 is 0 Å². The Labute approximate surface area is 163 Å². The lowest BCUT2D eigenvalue weighted by Gasteiger charge is -2.32. The van der Waals surface area contributed by atoms with Gasteiger partial charge in [-0.25, -0.2) is 4.98 Å². The summed E-state index contributed by atoms with van der Waals surface area (Å²) in [5, 5.41) is 2.70. The van der Waals surface area contributed by atoms with Gasteiger partial charge in [-0.05, 0) is 43.5 Å². The van der Waals surface area contributed by atoms with Gasteiger partial charge in [0.25, 0.3) is 5.91 Å². The zero-order chi connectivity index (χ0) is 20.1. The first-order valence-electron chi connectivity index (χ1n) is 9.23. The number of carbonyl (C=O) groups excluding carboxylic acids is 3. The number of amides is 3. The minimum absolute atomic E-state index is 0.0391. The Morgan fingerprint density at radius 3 is 2.68 bits per heavy atom. The molecule has 148 valence electrons. The molecule has 3 rings (SSSR count). The predicted octanol–water partition coefficient (Wildman–Crippen LogP) is 1.93. The molecule has 1 fully saturated rings. The first-order chi connectivity index (χ1) is 13.4. The van der Waals surface area contributed by atoms with Gasteiger partial charge in [-0.15, -0.1) is 0 Å². The van der Waals surface area contributed by atoms with Gasteiger partial charge >= 0.3 is 0 Å². The number of rotatable bonds is 5. The van der Waals surface area contributed by atoms with E-state index < -0.39 is 0 Å². The molecule has 1 aliphatic rings. The van der Waals surface area contributed by atoms with E-state index in [1.165, 1.54) is 17.4 Å². The fraction of sp³-hybridized carbons (Fsp3) is 0.400. The van der Waals surface area contributed by atoms with Crippen LogP contribution in [-0.4, -0.2) is 59.2 Å². The first kappa shape index (κ1) is 19.6. The van der Waals surface area contributed by atoms with Crippen LogP contribution in [0.2, 0.25) is 0 Å². The van der Waals surface area contributed by atoms with Crippen molar-refractivity contribution in [3.8, 4) is 0 Å². The Kier molecular flexibility index (Phi) is 6.08. The van der Waals surface area contributed by atoms with Crippen molar-refractivity contribution in [3.05, 3.63) is 48.0 Å². The van der Waals surface area contributed by atoms with Crippen LogP contribution in [0.15, 0.2) is 41.3 Å². The van der Waals surface area contributed by atoms with Gasteiger partial charge in [-0.1, -0.05) is 0 Å². The minimum atomic E-state index is -0.290. The van der Waals surface area contributed by atoms with Gasteiger partial charge in [0.1, 0.15) is 12.1 Å². The topological polar surface area (TPSA) is 95.8 Å². The van der Waals surface area contributed by atoms with Crippen molar-refractivity contribution >= 4 is 23.5 Å². The molecule has 0 radical (unpaired) electrons. The Morgan fingerprint density at radius 2 is 2.04 bits per heavy atom. The van der Waals surface area contributed by atoms with Gasteiger partial charge in [0.2, 0.25) is 11.8 Å². The van der Waals surface area contributed by atoms with Crippen LogP contribution in [-0.2, 0) is 9.59 Å². The van der Waals surface area contributed by atoms with Crippen LogP contribution in [0.25, 0.3) is 0 Å². The Bertz CT molecular complexity index is 842. The lowest BCUT2D eigenvalue weighted by Crippen LogP contribution is -2.45. The van der Waals surface area contributed by atoms with Crippen LogP contribution >= 0.6 is 0 Å². The van der Waals surface area contributed by atoms with Crippen LogP contribution in [0.4, 0.5) is 5.82 Å². The van der Waals surface area contributed by atoms with E-state index in [1.807, 2.05) is 13.0 Å². The molecule has 2 aromatic heterocycles. The average Bonchev–Trinajstić information content (AvgIpc) is 3.21. The molecule has 0 atom stereocenters. The number of likely N-dealkylation sites (tertiary alicyclic amines) is 1. The number of nitrogens with zero attached hydrogens (tertiary/aromatic N) is 3. The molecule has 0 spiro atoms. The highest BCUT2D eigenvalue weighted by Crippen LogP contribution is 2.21. The number of piperidine rings is 1. The number of aromatic nitrogens is 1. The third kappa shape index (κ3) is 4.76. The quantitative estimate of drug-likeness (QED) is 0.850. The highest BCUT2D eigenvalue weighted by Gasteiger charge is 2.30. The molecule has 1 N–H and O–H groups in total. The molecular formula is C20H24N4O4. The number of aryl methyl sites for hydroxylation is 1. The van der Waals surface area contributed by atoms with Crippen LogP contribution < -0.4 is 5.32 Å². The Balaban J connectivity index is 1.47. The summed E-state index contributed by atoms with van der Waals surface area (Å²) in [6, 6.07) is 5.25. The molecule has 1 saturated heterocycles. The molecule has 3 heterocycles. The number of likely N-dealkylation sites (N-methyl/N-ethyl adjacent to an activating group) is 1. The van der Waals surface area contributed by atoms with Crippen molar-refractivity contribution in [1.82, 2.24) is 14.8 Å². The van der Waals surface area contributed by atoms with E-state index in [9.17, 15) is 14.4 Å². The second kappa shape index (κ2) is 8.69. The Hall–Kier alpha value is -3.16. The normalized spacial score (nSPS) is 14.6. The van der Waals surface area contributed by atoms with Gasteiger partial charge in [-0.2, -0.15) is 0 Å². The SMILES string of the molecule is Cc1ccnc(NC(=O)CN(C)C(=O)C2CCN(C(=O)c3ccoc3)CC2)c1. The number of hydrogen-bond donors (Lipinski definition) is 1. The maximum atomic E-state index is 12.7. The molecule has 2 aromatic rings. The second-order valence-corrected chi connectivity index (χ2v) is 7.04. The van der Waals surface area contributed by atoms with Gasteiger partial charge in [0.15, 0.2) is 0 Å². The van der Waals surface area contributed by atoms with Crippen molar-refractivity contribution in [2.75, 3.05) is 32.0 Å². The largest absolute Gasteiger partial charge is 0.472 e. The number of furan rings is 1. The van der Waals surface area contributed by atoms with Crippen molar-refractivity contribution in [1.29, 1.82) is 0 Å². The molecule has 3 amide bonds. The number of pyridine rings is 1. The number of carbonyl (C=O) groups is 3. The standard InChI is InChI=1S/C20H24N4O4/c1-14-3-7-21-17(11-14)22-18(25)12-23(2)19(26)15-4-8-24(9-5-15)20(27)16-6-10-28-13-16/h3,6-7,10-11,13,15H,4-5,8-9,12H2,1-2H3,(H,21,22,25). The summed E-state index contributed by atoms with van der Waals surface area (Å²) < 4.78 is 4.95. The van der Waals surface area contributed by atoms with E-state index in [1.54, 1.807) is 30.3 Å². The molecule has 0 aromatic carbocycles. The highest BCUT2D eigenvalue weighted by atomic mass is 16.3. The molecular weight excluding hydrogens is 360 g/mol. The third-order valence-corrected chi connectivity index (χ3v) is 4.84. The number of hydrogen-bond acceptors (Lipinski definition) is 5. The van der Waals surface area contributed by atoms with Gasteiger partial charge in [0, 0.05) is 32.3 Å². The summed E-state index contributed by atoms with van der Waals surface area (Å²) in [4.78, 5) is 44.4. The first-order valence-corrected chi connectivity index (χ1v) is 9.23. The van der Waals surface area contributed by atoms with Gasteiger partial charge < -0.3 is 19.5 Å². The van der Waals surface area contributed by atoms with Crippen LogP contribution in [0.5, 0.6) is 0 Å². The molecule has 28 heavy (non-hydrogen) atoms. The van der Waals surface area contributed by atoms with Crippen molar-refractivity contribution in [3.63, 3.8) is 0 Å². The second-order valence-electron chi connectivity index (χ2n) is 7.04. The Morgan fingerprint density at radius 1 is 1.29 bits per heavy atom. The smallest absolute Gasteiger partial charge is 0.257 e. The van der Waals surface area contributed by atoms with Gasteiger partial charge in [-0.3, -0.25) is 14.4 Å². The highest BCUT2D eigenvalue weighted by molar-refractivity contribution is 5.95. The molecule has 0 bridgehead atoms. The molecule has 1 aliphatic heterocycles. The van der Waals surface area contributed by atoms with E-state index in [2.05, 4.69) is 10.3 Å². The van der Waals surface area contributed by atoms with Crippen LogP contribution in [0.3, 0.4) is 0 Å². The van der Waals surface area contributed by atoms with E-state index in [0.717, 1.165) is 5.56 Å². The molecule has 8 nitrogen and oxygen atoms in total. The van der Waals surface area contributed by atoms with E-state index in [-0.39, 0.29) is 30.2 Å². The van der Waals surface area contributed by atoms with E-state index in [4.69, 9.17) is 4.42 Å². The zero-order valence-electron chi connectivity index (χ0n) is 16.1. The molecule has 0 saturated carbocycles. The predicted molar refractivity (Wildman–Crippen MR) is 103 cm³/mol. The number of nitrogens with one attached hydrogen (secondary N) is 1. The van der Waals surface area contributed by atoms with Crippen molar-refractivity contribution in [2.24, 2.45) is 5.92 Å². The lowest BCUT2D eigenvalue weighted by atomic mass is 9.95. The van der Waals surface area contributed by atoms with E-state index in [0.29, 0.717) is 37.3 Å². The summed E-state index contributed by atoms with van der Waals surface area (Å²) in [6.45, 7) is 2.89. The summed E-state index contributed by atoms with van der Waals surface area (Å²) in [6.07, 6.45) is 5.67. The molecule has 8 heteroatoms. The number of anilines is 1. The lowest BCUT2D eigenvalue weighted by molar-refractivity contribution is -0.138. The molecule has 0 aliphatic carbocycles. The molecule has 0 unspecified atom stereocenters. The van der Waals surface area contributed by atoms with Crippen molar-refractivity contribution in [2.45, 2.75) is 19.8 Å². The summed E-state index contributed by atoms with van der Waals surface area (Å²) in [7, 11) is 1.62. The summed E-state index contributed by atoms with van der Waals surface area (Å²) in [5.41, 5.74) is 1.51. The third-order valence-electron chi connectivity index (χ3n) is 4.84.